The molecule has 0 saturated carbocycles. The van der Waals surface area contributed by atoms with E-state index in [0.29, 0.717) is 12.2 Å². The molecular weight excluding hydrogens is 292 g/mol. The van der Waals surface area contributed by atoms with Crippen molar-refractivity contribution in [1.82, 2.24) is 0 Å². The highest BCUT2D eigenvalue weighted by Gasteiger charge is 2.00. The molecule has 1 aromatic rings. The molecule has 4 nitrogen and oxygen atoms in total. The van der Waals surface area contributed by atoms with Gasteiger partial charge in [0.25, 0.3) is 0 Å². The van der Waals surface area contributed by atoms with Crippen molar-refractivity contribution in [2.45, 2.75) is 19.8 Å². The first-order valence-electron chi connectivity index (χ1n) is 7.34. The minimum absolute atomic E-state index is 0.330. The van der Waals surface area contributed by atoms with Crippen LogP contribution in [0.5, 0.6) is 0 Å². The Morgan fingerprint density at radius 1 is 1.22 bits per heavy atom. The number of ether oxygens (including phenoxy) is 2. The van der Waals surface area contributed by atoms with Crippen LogP contribution >= 0.6 is 0 Å². The zero-order chi connectivity index (χ0) is 17.5. The summed E-state index contributed by atoms with van der Waals surface area (Å²) in [6.45, 7) is 9.40. The first-order valence-corrected chi connectivity index (χ1v) is 7.34. The fraction of sp³-hybridized carbons (Fsp3) is 0.263. The molecule has 0 fully saturated rings. The fourth-order valence-corrected chi connectivity index (χ4v) is 1.34. The lowest BCUT2D eigenvalue weighted by atomic mass is 10.2. The van der Waals surface area contributed by atoms with Crippen LogP contribution in [-0.2, 0) is 19.1 Å². The molecule has 4 heteroatoms. The van der Waals surface area contributed by atoms with Gasteiger partial charge < -0.3 is 9.47 Å². The maximum absolute atomic E-state index is 11.0. The maximum Gasteiger partial charge on any atom is 0.337 e. The first kappa shape index (κ1) is 20.4. The van der Waals surface area contributed by atoms with Gasteiger partial charge in [-0.3, -0.25) is 0 Å². The molecule has 0 N–H and O–H groups in total. The van der Waals surface area contributed by atoms with E-state index in [9.17, 15) is 9.59 Å². The highest BCUT2D eigenvalue weighted by Crippen LogP contribution is 2.04. The molecule has 1 rings (SSSR count). The van der Waals surface area contributed by atoms with Gasteiger partial charge in [-0.1, -0.05) is 62.9 Å². The summed E-state index contributed by atoms with van der Waals surface area (Å²) >= 11 is 0. The van der Waals surface area contributed by atoms with Gasteiger partial charge in [0.15, 0.2) is 0 Å². The normalized spacial score (nSPS) is 9.48. The van der Waals surface area contributed by atoms with Crippen molar-refractivity contribution in [3.63, 3.8) is 0 Å². The molecule has 124 valence electrons. The minimum Gasteiger partial charge on any atom is -0.465 e. The largest absolute Gasteiger partial charge is 0.465 e. The van der Waals surface area contributed by atoms with Gasteiger partial charge in [0, 0.05) is 6.08 Å². The van der Waals surface area contributed by atoms with E-state index in [1.165, 1.54) is 13.2 Å². The Morgan fingerprint density at radius 2 is 1.87 bits per heavy atom. The van der Waals surface area contributed by atoms with Crippen LogP contribution in [0.2, 0.25) is 0 Å². The van der Waals surface area contributed by atoms with E-state index >= 15 is 0 Å². The number of rotatable bonds is 7. The standard InChI is InChI=1S/C12H12O2.C7H12O2/c1-10(12(13)14-2)8-9-11-6-4-3-5-7-11;1-3-5-6-9-7(8)4-2/h3-9H,1H2,2H3;4H,2-3,5-6H2,1H3. The molecule has 0 bridgehead atoms. The zero-order valence-electron chi connectivity index (χ0n) is 13.8. The van der Waals surface area contributed by atoms with E-state index in [1.54, 1.807) is 6.08 Å². The van der Waals surface area contributed by atoms with Gasteiger partial charge in [0.05, 0.1) is 19.3 Å². The Kier molecular flexibility index (Phi) is 11.6. The minimum atomic E-state index is -0.405. The van der Waals surface area contributed by atoms with E-state index < -0.39 is 5.97 Å². The van der Waals surface area contributed by atoms with Crippen LogP contribution in [0.4, 0.5) is 0 Å². The molecule has 0 amide bonds. The summed E-state index contributed by atoms with van der Waals surface area (Å²) in [5.41, 5.74) is 1.37. The smallest absolute Gasteiger partial charge is 0.337 e. The van der Waals surface area contributed by atoms with Gasteiger partial charge >= 0.3 is 11.9 Å². The van der Waals surface area contributed by atoms with Crippen LogP contribution in [0.1, 0.15) is 25.3 Å². The summed E-state index contributed by atoms with van der Waals surface area (Å²) in [7, 11) is 1.34. The van der Waals surface area contributed by atoms with Gasteiger partial charge in [0.1, 0.15) is 0 Å². The molecule has 23 heavy (non-hydrogen) atoms. The third-order valence-corrected chi connectivity index (χ3v) is 2.63. The SMILES string of the molecule is C=C(C=Cc1ccccc1)C(=O)OC.C=CC(=O)OCCCC. The average molecular weight is 316 g/mol. The van der Waals surface area contributed by atoms with Crippen molar-refractivity contribution >= 4 is 18.0 Å². The molecule has 0 saturated heterocycles. The lowest BCUT2D eigenvalue weighted by Crippen LogP contribution is -2.00. The summed E-state index contributed by atoms with van der Waals surface area (Å²) in [5, 5.41) is 0. The number of methoxy groups -OCH3 is 1. The van der Waals surface area contributed by atoms with Crippen molar-refractivity contribution in [3.05, 3.63) is 66.8 Å². The van der Waals surface area contributed by atoms with Crippen LogP contribution < -0.4 is 0 Å². The lowest BCUT2D eigenvalue weighted by Gasteiger charge is -1.97. The predicted octanol–water partition coefficient (Wildman–Crippen LogP) is 3.94. The average Bonchev–Trinajstić information content (AvgIpc) is 2.60. The van der Waals surface area contributed by atoms with Crippen molar-refractivity contribution < 1.29 is 19.1 Å². The molecule has 0 aliphatic carbocycles. The Hall–Kier alpha value is -2.62. The first-order chi connectivity index (χ1) is 11.0. The summed E-state index contributed by atoms with van der Waals surface area (Å²) < 4.78 is 9.19. The molecule has 1 aromatic carbocycles. The van der Waals surface area contributed by atoms with Gasteiger partial charge in [-0.15, -0.1) is 0 Å². The molecule has 0 aromatic heterocycles. The third kappa shape index (κ3) is 10.7. The third-order valence-electron chi connectivity index (χ3n) is 2.63. The second kappa shape index (κ2) is 13.1. The van der Waals surface area contributed by atoms with Crippen LogP contribution in [0.15, 0.2) is 61.2 Å². The highest BCUT2D eigenvalue weighted by molar-refractivity contribution is 5.91. The number of hydrogen-bond donors (Lipinski definition) is 0. The second-order valence-electron chi connectivity index (χ2n) is 4.49. The topological polar surface area (TPSA) is 52.6 Å². The highest BCUT2D eigenvalue weighted by atomic mass is 16.5. The van der Waals surface area contributed by atoms with E-state index in [1.807, 2.05) is 43.3 Å². The van der Waals surface area contributed by atoms with Crippen molar-refractivity contribution in [1.29, 1.82) is 0 Å². The summed E-state index contributed by atoms with van der Waals surface area (Å²) in [6, 6.07) is 9.69. The quantitative estimate of drug-likeness (QED) is 0.331. The van der Waals surface area contributed by atoms with Gasteiger partial charge in [-0.2, -0.15) is 0 Å². The fourth-order valence-electron chi connectivity index (χ4n) is 1.34. The predicted molar refractivity (Wildman–Crippen MR) is 92.7 cm³/mol. The molecular formula is C19H24O4. The Balaban J connectivity index is 0.000000468. The molecule has 0 unspecified atom stereocenters. The van der Waals surface area contributed by atoms with Crippen LogP contribution in [0.25, 0.3) is 6.08 Å². The van der Waals surface area contributed by atoms with E-state index in [4.69, 9.17) is 0 Å². The number of carbonyl (C=O) groups excluding carboxylic acids is 2. The summed E-state index contributed by atoms with van der Waals surface area (Å²) in [4.78, 5) is 21.3. The van der Waals surface area contributed by atoms with E-state index in [2.05, 4.69) is 22.6 Å². The van der Waals surface area contributed by atoms with Crippen molar-refractivity contribution in [2.24, 2.45) is 0 Å². The Labute approximate surface area is 138 Å². The van der Waals surface area contributed by atoms with E-state index in [0.717, 1.165) is 18.4 Å². The number of hydrogen-bond acceptors (Lipinski definition) is 4. The molecule has 0 aliphatic heterocycles. The Bertz CT molecular complexity index is 530. The molecule has 0 heterocycles. The van der Waals surface area contributed by atoms with E-state index in [-0.39, 0.29) is 5.97 Å². The van der Waals surface area contributed by atoms with Crippen molar-refractivity contribution in [3.8, 4) is 0 Å². The van der Waals surface area contributed by atoms with Crippen LogP contribution in [-0.4, -0.2) is 25.7 Å². The maximum atomic E-state index is 11.0. The molecule has 0 radical (unpaired) electrons. The summed E-state index contributed by atoms with van der Waals surface area (Å²) in [6.07, 6.45) is 6.61. The number of unbranched alkanes of at least 4 members (excludes halogenated alkanes) is 1. The zero-order valence-corrected chi connectivity index (χ0v) is 13.8. The molecule has 0 atom stereocenters. The lowest BCUT2D eigenvalue weighted by molar-refractivity contribution is -0.138. The van der Waals surface area contributed by atoms with Gasteiger partial charge in [-0.05, 0) is 18.1 Å². The van der Waals surface area contributed by atoms with Crippen LogP contribution in [0, 0.1) is 0 Å². The monoisotopic (exact) mass is 316 g/mol. The van der Waals surface area contributed by atoms with Gasteiger partial charge in [-0.25, -0.2) is 9.59 Å². The second-order valence-corrected chi connectivity index (χ2v) is 4.49. The number of benzene rings is 1. The Morgan fingerprint density at radius 3 is 2.39 bits per heavy atom. The van der Waals surface area contributed by atoms with Crippen LogP contribution in [0.3, 0.4) is 0 Å². The molecule has 0 aliphatic rings. The molecule has 0 spiro atoms. The summed E-state index contributed by atoms with van der Waals surface area (Å²) in [5.74, 6) is -0.736. The number of esters is 2. The van der Waals surface area contributed by atoms with Gasteiger partial charge in [0.2, 0.25) is 0 Å². The van der Waals surface area contributed by atoms with Crippen molar-refractivity contribution in [2.75, 3.05) is 13.7 Å². The number of carbonyl (C=O) groups is 2.